The lowest BCUT2D eigenvalue weighted by Gasteiger charge is -2.33. The van der Waals surface area contributed by atoms with Crippen molar-refractivity contribution in [3.8, 4) is 22.9 Å². The number of amides is 1. The summed E-state index contributed by atoms with van der Waals surface area (Å²) in [7, 11) is 5.19. The number of nitrogens with zero attached hydrogens (tertiary/aromatic N) is 4. The van der Waals surface area contributed by atoms with Crippen LogP contribution in [0.25, 0.3) is 33.3 Å². The van der Waals surface area contributed by atoms with Gasteiger partial charge in [0, 0.05) is 62.1 Å². The van der Waals surface area contributed by atoms with Crippen LogP contribution < -0.4 is 14.8 Å². The highest BCUT2D eigenvalue weighted by atomic mass is 16.6. The summed E-state index contributed by atoms with van der Waals surface area (Å²) in [6.45, 7) is 7.78. The first kappa shape index (κ1) is 25.8. The minimum absolute atomic E-state index is 0.231. The molecule has 2 N–H and O–H groups in total. The summed E-state index contributed by atoms with van der Waals surface area (Å²) in [5.41, 5.74) is 5.20. The Hall–Kier alpha value is -3.79. The van der Waals surface area contributed by atoms with E-state index in [0.717, 1.165) is 46.2 Å². The van der Waals surface area contributed by atoms with E-state index in [4.69, 9.17) is 19.2 Å². The van der Waals surface area contributed by atoms with Crippen molar-refractivity contribution >= 4 is 28.2 Å². The van der Waals surface area contributed by atoms with E-state index in [1.807, 2.05) is 44.6 Å². The number of ether oxygens (including phenoxy) is 3. The Balaban J connectivity index is 1.32. The number of rotatable bonds is 6. The standard InChI is InChI=1S/C28H36N6O4/c1-28(2,3)38-27(35)34-11-8-18(9-12-34)30-15-17-7-10-29-25-19(17)13-21(31-25)20-16-33(4)22-14-23(36-5)26(37-6)32-24(20)22/h7,10,13-14,16,18,30H,8-9,11-12,15H2,1-6H3,(H,29,31). The number of carbonyl (C=O) groups excluding carboxylic acids is 1. The number of likely N-dealkylation sites (tertiary alicyclic amines) is 1. The van der Waals surface area contributed by atoms with E-state index in [1.165, 1.54) is 5.56 Å². The number of fused-ring (bicyclic) bond motifs is 2. The Bertz CT molecular complexity index is 1460. The van der Waals surface area contributed by atoms with Crippen molar-refractivity contribution in [3.63, 3.8) is 0 Å². The molecular formula is C28H36N6O4. The molecule has 0 unspecified atom stereocenters. The SMILES string of the molecule is COc1cc2c(nc1OC)c(-c1cc3c(CNC4CCN(C(=O)OC(C)(C)C)CC4)ccnc3[nH]1)cn2C. The summed E-state index contributed by atoms with van der Waals surface area (Å²) in [5.74, 6) is 1.04. The summed E-state index contributed by atoms with van der Waals surface area (Å²) in [4.78, 5) is 27.0. The van der Waals surface area contributed by atoms with Crippen LogP contribution in [-0.4, -0.2) is 69.5 Å². The molecule has 10 nitrogen and oxygen atoms in total. The van der Waals surface area contributed by atoms with Crippen LogP contribution in [0.15, 0.2) is 30.6 Å². The molecule has 1 amide bonds. The third-order valence-corrected chi connectivity index (χ3v) is 6.95. The fourth-order valence-electron chi connectivity index (χ4n) is 4.98. The highest BCUT2D eigenvalue weighted by molar-refractivity contribution is 5.96. The lowest BCUT2D eigenvalue weighted by atomic mass is 10.0. The molecule has 0 saturated carbocycles. The molecule has 0 aliphatic carbocycles. The average molecular weight is 521 g/mol. The third kappa shape index (κ3) is 5.13. The van der Waals surface area contributed by atoms with Crippen LogP contribution in [-0.2, 0) is 18.3 Å². The van der Waals surface area contributed by atoms with Crippen molar-refractivity contribution in [1.82, 2.24) is 29.7 Å². The molecule has 1 aliphatic heterocycles. The van der Waals surface area contributed by atoms with Gasteiger partial charge in [0.15, 0.2) is 5.75 Å². The highest BCUT2D eigenvalue weighted by Gasteiger charge is 2.27. The zero-order chi connectivity index (χ0) is 27.0. The van der Waals surface area contributed by atoms with Crippen molar-refractivity contribution in [1.29, 1.82) is 0 Å². The van der Waals surface area contributed by atoms with E-state index in [9.17, 15) is 4.79 Å². The van der Waals surface area contributed by atoms with E-state index >= 15 is 0 Å². The van der Waals surface area contributed by atoms with Gasteiger partial charge in [-0.15, -0.1) is 0 Å². The molecule has 38 heavy (non-hydrogen) atoms. The lowest BCUT2D eigenvalue weighted by molar-refractivity contribution is 0.0198. The number of piperidine rings is 1. The maximum absolute atomic E-state index is 12.4. The number of methoxy groups -OCH3 is 2. The van der Waals surface area contributed by atoms with Gasteiger partial charge < -0.3 is 34.0 Å². The first-order valence-electron chi connectivity index (χ1n) is 12.9. The largest absolute Gasteiger partial charge is 0.491 e. The number of aromatic nitrogens is 4. The number of pyridine rings is 2. The average Bonchev–Trinajstić information content (AvgIpc) is 3.47. The quantitative estimate of drug-likeness (QED) is 0.382. The molecule has 1 fully saturated rings. The van der Waals surface area contributed by atoms with Gasteiger partial charge >= 0.3 is 6.09 Å². The first-order chi connectivity index (χ1) is 18.2. The Morgan fingerprint density at radius 1 is 1.18 bits per heavy atom. The fourth-order valence-corrected chi connectivity index (χ4v) is 4.98. The number of hydrogen-bond donors (Lipinski definition) is 2. The van der Waals surface area contributed by atoms with Gasteiger partial charge in [-0.2, -0.15) is 0 Å². The van der Waals surface area contributed by atoms with Crippen LogP contribution in [0.1, 0.15) is 39.2 Å². The molecule has 5 rings (SSSR count). The summed E-state index contributed by atoms with van der Waals surface area (Å²) in [5, 5.41) is 4.75. The molecule has 10 heteroatoms. The smallest absolute Gasteiger partial charge is 0.410 e. The van der Waals surface area contributed by atoms with Crippen molar-refractivity contribution in [2.45, 2.75) is 51.8 Å². The summed E-state index contributed by atoms with van der Waals surface area (Å²) >= 11 is 0. The molecule has 0 spiro atoms. The predicted molar refractivity (Wildman–Crippen MR) is 147 cm³/mol. The number of nitrogens with one attached hydrogen (secondary N) is 2. The zero-order valence-corrected chi connectivity index (χ0v) is 22.9. The highest BCUT2D eigenvalue weighted by Crippen LogP contribution is 2.36. The summed E-state index contributed by atoms with van der Waals surface area (Å²) < 4.78 is 18.4. The number of aromatic amines is 1. The fraction of sp³-hybridized carbons (Fsp3) is 0.464. The van der Waals surface area contributed by atoms with Crippen LogP contribution in [0.3, 0.4) is 0 Å². The topological polar surface area (TPSA) is 107 Å². The van der Waals surface area contributed by atoms with E-state index in [-0.39, 0.29) is 6.09 Å². The molecule has 0 radical (unpaired) electrons. The van der Waals surface area contributed by atoms with E-state index in [1.54, 1.807) is 19.1 Å². The number of H-pyrrole nitrogens is 1. The van der Waals surface area contributed by atoms with Crippen molar-refractivity contribution in [2.24, 2.45) is 7.05 Å². The van der Waals surface area contributed by atoms with Gasteiger partial charge in [-0.25, -0.2) is 14.8 Å². The molecule has 4 aromatic rings. The number of carbonyl (C=O) groups is 1. The second kappa shape index (κ2) is 10.2. The van der Waals surface area contributed by atoms with Crippen LogP contribution >= 0.6 is 0 Å². The molecule has 4 aromatic heterocycles. The van der Waals surface area contributed by atoms with E-state index in [0.29, 0.717) is 37.3 Å². The Kier molecular flexibility index (Phi) is 6.92. The molecular weight excluding hydrogens is 484 g/mol. The van der Waals surface area contributed by atoms with Crippen molar-refractivity contribution in [3.05, 3.63) is 36.2 Å². The monoisotopic (exact) mass is 520 g/mol. The Morgan fingerprint density at radius 2 is 1.95 bits per heavy atom. The minimum atomic E-state index is -0.477. The van der Waals surface area contributed by atoms with Crippen LogP contribution in [0, 0.1) is 0 Å². The third-order valence-electron chi connectivity index (χ3n) is 6.95. The van der Waals surface area contributed by atoms with Crippen molar-refractivity contribution < 1.29 is 19.0 Å². The van der Waals surface area contributed by atoms with E-state index in [2.05, 4.69) is 33.6 Å². The molecule has 0 aromatic carbocycles. The Morgan fingerprint density at radius 3 is 2.63 bits per heavy atom. The maximum atomic E-state index is 12.4. The maximum Gasteiger partial charge on any atom is 0.410 e. The van der Waals surface area contributed by atoms with Crippen LogP contribution in [0.2, 0.25) is 0 Å². The summed E-state index contributed by atoms with van der Waals surface area (Å²) in [6.07, 6.45) is 5.43. The van der Waals surface area contributed by atoms with Gasteiger partial charge in [0.25, 0.3) is 5.88 Å². The van der Waals surface area contributed by atoms with Crippen LogP contribution in [0.4, 0.5) is 4.79 Å². The normalized spacial score (nSPS) is 14.8. The molecule has 0 bridgehead atoms. The zero-order valence-electron chi connectivity index (χ0n) is 22.9. The minimum Gasteiger partial charge on any atom is -0.491 e. The van der Waals surface area contributed by atoms with Gasteiger partial charge in [0.1, 0.15) is 16.8 Å². The van der Waals surface area contributed by atoms with Gasteiger partial charge in [-0.05, 0) is 51.3 Å². The summed E-state index contributed by atoms with van der Waals surface area (Å²) in [6, 6.07) is 6.46. The number of aryl methyl sites for hydroxylation is 1. The lowest BCUT2D eigenvalue weighted by Crippen LogP contribution is -2.46. The Labute approximate surface area is 222 Å². The molecule has 5 heterocycles. The van der Waals surface area contributed by atoms with Gasteiger partial charge in [0.05, 0.1) is 25.4 Å². The van der Waals surface area contributed by atoms with Gasteiger partial charge in [-0.1, -0.05) is 0 Å². The molecule has 1 aliphatic rings. The van der Waals surface area contributed by atoms with E-state index < -0.39 is 5.60 Å². The second-order valence-electron chi connectivity index (χ2n) is 10.8. The molecule has 202 valence electrons. The van der Waals surface area contributed by atoms with Crippen LogP contribution in [0.5, 0.6) is 11.6 Å². The van der Waals surface area contributed by atoms with Crippen molar-refractivity contribution in [2.75, 3.05) is 27.3 Å². The molecule has 1 saturated heterocycles. The predicted octanol–water partition coefficient (Wildman–Crippen LogP) is 4.62. The van der Waals surface area contributed by atoms with Gasteiger partial charge in [-0.3, -0.25) is 0 Å². The second-order valence-corrected chi connectivity index (χ2v) is 10.8. The first-order valence-corrected chi connectivity index (χ1v) is 12.9. The molecule has 0 atom stereocenters. The number of hydrogen-bond acceptors (Lipinski definition) is 7. The van der Waals surface area contributed by atoms with Gasteiger partial charge in [0.2, 0.25) is 0 Å².